The Morgan fingerprint density at radius 2 is 1.69 bits per heavy atom. The third-order valence-corrected chi connectivity index (χ3v) is 8.82. The number of aromatic nitrogens is 2. The highest BCUT2D eigenvalue weighted by molar-refractivity contribution is 5.94. The lowest BCUT2D eigenvalue weighted by atomic mass is 9.97. The van der Waals surface area contributed by atoms with E-state index in [1.54, 1.807) is 29.2 Å². The molecule has 242 valence electrons. The van der Waals surface area contributed by atoms with E-state index in [-0.39, 0.29) is 55.2 Å². The van der Waals surface area contributed by atoms with Crippen LogP contribution in [0.5, 0.6) is 0 Å². The van der Waals surface area contributed by atoms with Crippen LogP contribution in [0.2, 0.25) is 0 Å². The quantitative estimate of drug-likeness (QED) is 0.290. The molecule has 2 N–H and O–H groups in total. The number of nitrogens with one attached hydrogen (secondary N) is 2. The molecule has 0 spiro atoms. The molecule has 2 aliphatic rings. The summed E-state index contributed by atoms with van der Waals surface area (Å²) in [7, 11) is 3.90. The van der Waals surface area contributed by atoms with Crippen LogP contribution in [0.4, 0.5) is 24.8 Å². The van der Waals surface area contributed by atoms with E-state index in [9.17, 15) is 22.8 Å². The van der Waals surface area contributed by atoms with Crippen LogP contribution in [0.3, 0.4) is 0 Å². The monoisotopic (exact) mass is 624 g/mol. The zero-order chi connectivity index (χ0) is 31.3. The SMILES string of the molecule is C.CN1CCC(N(C)C(=O)c2ccc(Nc3ncc(C(F)(F)F)c(C[C@@H]4CC[C@H](C(=O)NCc5ccccc5)C4)n3)cc2)CC1. The highest BCUT2D eigenvalue weighted by atomic mass is 19.4. The summed E-state index contributed by atoms with van der Waals surface area (Å²) in [4.78, 5) is 38.0. The maximum absolute atomic E-state index is 13.9. The number of halogens is 3. The second-order valence-electron chi connectivity index (χ2n) is 12.0. The van der Waals surface area contributed by atoms with Crippen molar-refractivity contribution in [3.63, 3.8) is 0 Å². The van der Waals surface area contributed by atoms with E-state index >= 15 is 0 Å². The summed E-state index contributed by atoms with van der Waals surface area (Å²) in [5.74, 6) is -0.430. The molecule has 2 amide bonds. The fourth-order valence-electron chi connectivity index (χ4n) is 6.15. The zero-order valence-electron chi connectivity index (χ0n) is 25.1. The standard InChI is InChI=1S/C33H39F3N6O2.CH4/c1-41-16-14-27(15-17-41)42(2)31(44)24-10-12-26(13-11-24)39-32-38-21-28(33(34,35)36)29(40-32)19-23-8-9-25(18-23)30(43)37-20-22-6-4-3-5-7-22;/h3-7,10-13,21,23,25,27H,8-9,14-20H2,1-2H3,(H,37,43)(H,38,39,40);1H4/t23-,25+;/m1./s1. The number of rotatable bonds is 9. The van der Waals surface area contributed by atoms with Crippen LogP contribution in [0.1, 0.15) is 66.7 Å². The fourth-order valence-corrected chi connectivity index (χ4v) is 6.15. The highest BCUT2D eigenvalue weighted by Gasteiger charge is 2.37. The minimum atomic E-state index is -4.60. The van der Waals surface area contributed by atoms with E-state index in [0.717, 1.165) is 37.7 Å². The Kier molecular flexibility index (Phi) is 11.2. The number of carbonyl (C=O) groups is 2. The van der Waals surface area contributed by atoms with Crippen LogP contribution >= 0.6 is 0 Å². The van der Waals surface area contributed by atoms with Gasteiger partial charge in [0.05, 0.1) is 11.3 Å². The molecule has 1 saturated carbocycles. The Balaban J connectivity index is 0.00000461. The number of anilines is 2. The lowest BCUT2D eigenvalue weighted by Crippen LogP contribution is -2.44. The van der Waals surface area contributed by atoms with Gasteiger partial charge in [0, 0.05) is 43.0 Å². The third-order valence-electron chi connectivity index (χ3n) is 8.82. The van der Waals surface area contributed by atoms with Gasteiger partial charge in [0.1, 0.15) is 0 Å². The normalized spacial score (nSPS) is 19.0. The van der Waals surface area contributed by atoms with Crippen molar-refractivity contribution in [2.24, 2.45) is 11.8 Å². The molecule has 45 heavy (non-hydrogen) atoms. The number of benzene rings is 2. The van der Waals surface area contributed by atoms with Gasteiger partial charge in [-0.25, -0.2) is 9.97 Å². The second-order valence-corrected chi connectivity index (χ2v) is 12.0. The summed E-state index contributed by atoms with van der Waals surface area (Å²) in [6, 6.07) is 16.6. The molecule has 0 radical (unpaired) electrons. The van der Waals surface area contributed by atoms with E-state index in [2.05, 4.69) is 32.5 Å². The first-order valence-corrected chi connectivity index (χ1v) is 15.1. The first-order chi connectivity index (χ1) is 21.1. The van der Waals surface area contributed by atoms with Crippen molar-refractivity contribution in [2.75, 3.05) is 32.5 Å². The molecule has 2 fully saturated rings. The summed E-state index contributed by atoms with van der Waals surface area (Å²) in [5.41, 5.74) is 1.14. The summed E-state index contributed by atoms with van der Waals surface area (Å²) in [6.07, 6.45) is -0.0456. The lowest BCUT2D eigenvalue weighted by Gasteiger charge is -2.35. The van der Waals surface area contributed by atoms with Crippen LogP contribution in [0, 0.1) is 11.8 Å². The Bertz CT molecular complexity index is 1430. The number of amides is 2. The molecular formula is C34H43F3N6O2. The van der Waals surface area contributed by atoms with E-state index in [1.807, 2.05) is 37.4 Å². The average Bonchev–Trinajstić information content (AvgIpc) is 3.48. The van der Waals surface area contributed by atoms with Gasteiger partial charge in [-0.3, -0.25) is 9.59 Å². The summed E-state index contributed by atoms with van der Waals surface area (Å²) < 4.78 is 41.7. The molecule has 1 saturated heterocycles. The van der Waals surface area contributed by atoms with Crippen molar-refractivity contribution >= 4 is 23.5 Å². The van der Waals surface area contributed by atoms with Crippen molar-refractivity contribution in [3.05, 3.63) is 83.2 Å². The average molecular weight is 625 g/mol. The van der Waals surface area contributed by atoms with Crippen LogP contribution < -0.4 is 10.6 Å². The van der Waals surface area contributed by atoms with Gasteiger partial charge in [-0.2, -0.15) is 13.2 Å². The summed E-state index contributed by atoms with van der Waals surface area (Å²) >= 11 is 0. The maximum Gasteiger partial charge on any atom is 0.419 e. The van der Waals surface area contributed by atoms with Crippen molar-refractivity contribution in [1.82, 2.24) is 25.1 Å². The van der Waals surface area contributed by atoms with Crippen molar-refractivity contribution < 1.29 is 22.8 Å². The molecule has 0 bridgehead atoms. The molecule has 8 nitrogen and oxygen atoms in total. The fraction of sp³-hybridized carbons (Fsp3) is 0.471. The second kappa shape index (κ2) is 14.9. The van der Waals surface area contributed by atoms with Crippen molar-refractivity contribution in [3.8, 4) is 0 Å². The number of piperidine rings is 1. The van der Waals surface area contributed by atoms with Crippen molar-refractivity contribution in [2.45, 2.75) is 64.7 Å². The molecule has 5 rings (SSSR count). The van der Waals surface area contributed by atoms with Crippen LogP contribution in [-0.2, 0) is 23.9 Å². The van der Waals surface area contributed by atoms with Crippen LogP contribution in [-0.4, -0.2) is 64.8 Å². The molecule has 0 unspecified atom stereocenters. The summed E-state index contributed by atoms with van der Waals surface area (Å²) in [6.45, 7) is 2.32. The molecule has 2 heterocycles. The Labute approximate surface area is 263 Å². The largest absolute Gasteiger partial charge is 0.419 e. The van der Waals surface area contributed by atoms with Crippen LogP contribution in [0.25, 0.3) is 0 Å². The Hall–Kier alpha value is -3.99. The first kappa shape index (κ1) is 33.9. The van der Waals surface area contributed by atoms with Gasteiger partial charge in [0.2, 0.25) is 11.9 Å². The number of hydrogen-bond donors (Lipinski definition) is 2. The van der Waals surface area contributed by atoms with Gasteiger partial charge in [0.15, 0.2) is 0 Å². The van der Waals surface area contributed by atoms with E-state index in [1.165, 1.54) is 0 Å². The zero-order valence-corrected chi connectivity index (χ0v) is 25.1. The van der Waals surface area contributed by atoms with Gasteiger partial charge in [-0.05, 0) is 94.4 Å². The number of hydrogen-bond acceptors (Lipinski definition) is 6. The van der Waals surface area contributed by atoms with Gasteiger partial charge >= 0.3 is 6.18 Å². The molecule has 2 aromatic carbocycles. The smallest absolute Gasteiger partial charge is 0.352 e. The Morgan fingerprint density at radius 1 is 1.00 bits per heavy atom. The number of likely N-dealkylation sites (tertiary alicyclic amines) is 1. The van der Waals surface area contributed by atoms with E-state index < -0.39 is 11.7 Å². The minimum absolute atomic E-state index is 0. The first-order valence-electron chi connectivity index (χ1n) is 15.1. The maximum atomic E-state index is 13.9. The molecule has 1 aliphatic carbocycles. The molecular weight excluding hydrogens is 581 g/mol. The lowest BCUT2D eigenvalue weighted by molar-refractivity contribution is -0.138. The highest BCUT2D eigenvalue weighted by Crippen LogP contribution is 2.37. The van der Waals surface area contributed by atoms with Crippen molar-refractivity contribution in [1.29, 1.82) is 0 Å². The third kappa shape index (κ3) is 8.81. The van der Waals surface area contributed by atoms with Gasteiger partial charge in [-0.1, -0.05) is 37.8 Å². The predicted molar refractivity (Wildman–Crippen MR) is 169 cm³/mol. The summed E-state index contributed by atoms with van der Waals surface area (Å²) in [5, 5.41) is 5.94. The molecule has 3 aromatic rings. The van der Waals surface area contributed by atoms with Gasteiger partial charge < -0.3 is 20.4 Å². The predicted octanol–water partition coefficient (Wildman–Crippen LogP) is 6.32. The topological polar surface area (TPSA) is 90.5 Å². The van der Waals surface area contributed by atoms with Crippen LogP contribution in [0.15, 0.2) is 60.8 Å². The number of nitrogens with zero attached hydrogens (tertiary/aromatic N) is 4. The van der Waals surface area contributed by atoms with E-state index in [0.29, 0.717) is 37.1 Å². The van der Waals surface area contributed by atoms with Gasteiger partial charge in [-0.15, -0.1) is 0 Å². The molecule has 2 atom stereocenters. The molecule has 1 aliphatic heterocycles. The molecule has 1 aromatic heterocycles. The molecule has 11 heteroatoms. The Morgan fingerprint density at radius 3 is 2.36 bits per heavy atom. The number of alkyl halides is 3. The minimum Gasteiger partial charge on any atom is -0.352 e. The van der Waals surface area contributed by atoms with E-state index in [4.69, 9.17) is 0 Å². The van der Waals surface area contributed by atoms with Gasteiger partial charge in [0.25, 0.3) is 5.91 Å². The number of carbonyl (C=O) groups excluding carboxylic acids is 2.